The molecule has 1 amide bonds. The number of nitrogens with two attached hydrogens (primary N) is 1. The van der Waals surface area contributed by atoms with E-state index in [9.17, 15) is 4.79 Å². The third-order valence-corrected chi connectivity index (χ3v) is 4.03. The third kappa shape index (κ3) is 2.76. The summed E-state index contributed by atoms with van der Waals surface area (Å²) in [7, 11) is 0. The van der Waals surface area contributed by atoms with Gasteiger partial charge in [0, 0.05) is 25.0 Å². The van der Waals surface area contributed by atoms with E-state index in [4.69, 9.17) is 5.73 Å². The van der Waals surface area contributed by atoms with E-state index in [0.717, 1.165) is 13.0 Å². The molecule has 3 heteroatoms. The van der Waals surface area contributed by atoms with Crippen molar-refractivity contribution in [3.8, 4) is 0 Å². The molecule has 2 N–H and O–H groups in total. The summed E-state index contributed by atoms with van der Waals surface area (Å²) < 4.78 is 0. The highest BCUT2D eigenvalue weighted by molar-refractivity contribution is 5.79. The smallest absolute Gasteiger partial charge is 0.225 e. The maximum absolute atomic E-state index is 12.3. The zero-order valence-electron chi connectivity index (χ0n) is 11.1. The molecule has 0 aliphatic carbocycles. The molecule has 1 rings (SSSR count). The number of hydrogen-bond acceptors (Lipinski definition) is 2. The van der Waals surface area contributed by atoms with Crippen LogP contribution in [-0.2, 0) is 4.79 Å². The molecular weight excluding hydrogens is 200 g/mol. The van der Waals surface area contributed by atoms with E-state index < -0.39 is 0 Å². The van der Waals surface area contributed by atoms with Crippen LogP contribution in [0.5, 0.6) is 0 Å². The highest BCUT2D eigenvalue weighted by Gasteiger charge is 2.33. The molecule has 1 aliphatic rings. The lowest BCUT2D eigenvalue weighted by molar-refractivity contribution is -0.141. The predicted molar refractivity (Wildman–Crippen MR) is 67.0 cm³/mol. The fraction of sp³-hybridized carbons (Fsp3) is 0.923. The van der Waals surface area contributed by atoms with E-state index >= 15 is 0 Å². The standard InChI is InChI=1S/C13H26N2O/c1-9(2)11(4)13(16)15-7-5-6-10(3)12(15)8-14/h9-12H,5-8,14H2,1-4H3. The Bertz CT molecular complexity index is 240. The van der Waals surface area contributed by atoms with Crippen LogP contribution in [0.25, 0.3) is 0 Å². The average molecular weight is 226 g/mol. The van der Waals surface area contributed by atoms with Crippen molar-refractivity contribution in [3.05, 3.63) is 0 Å². The molecule has 16 heavy (non-hydrogen) atoms. The fourth-order valence-corrected chi connectivity index (χ4v) is 2.43. The SMILES string of the molecule is CC(C)C(C)C(=O)N1CCCC(C)C1CN. The van der Waals surface area contributed by atoms with Crippen molar-refractivity contribution >= 4 is 5.91 Å². The van der Waals surface area contributed by atoms with Gasteiger partial charge in [-0.15, -0.1) is 0 Å². The monoisotopic (exact) mass is 226 g/mol. The van der Waals surface area contributed by atoms with Crippen LogP contribution in [0.15, 0.2) is 0 Å². The van der Waals surface area contributed by atoms with Crippen molar-refractivity contribution < 1.29 is 4.79 Å². The molecule has 3 atom stereocenters. The lowest BCUT2D eigenvalue weighted by Crippen LogP contribution is -2.53. The van der Waals surface area contributed by atoms with Crippen LogP contribution in [0.4, 0.5) is 0 Å². The molecule has 0 spiro atoms. The molecule has 1 fully saturated rings. The van der Waals surface area contributed by atoms with Crippen LogP contribution in [0.1, 0.15) is 40.5 Å². The van der Waals surface area contributed by atoms with Crippen molar-refractivity contribution in [3.63, 3.8) is 0 Å². The minimum atomic E-state index is 0.111. The number of nitrogens with zero attached hydrogens (tertiary/aromatic N) is 1. The number of likely N-dealkylation sites (tertiary alicyclic amines) is 1. The van der Waals surface area contributed by atoms with E-state index in [0.29, 0.717) is 18.4 Å². The Labute approximate surface area is 99.4 Å². The highest BCUT2D eigenvalue weighted by atomic mass is 16.2. The highest BCUT2D eigenvalue weighted by Crippen LogP contribution is 2.25. The minimum Gasteiger partial charge on any atom is -0.338 e. The van der Waals surface area contributed by atoms with Crippen LogP contribution in [0, 0.1) is 17.8 Å². The summed E-state index contributed by atoms with van der Waals surface area (Å²) in [5, 5.41) is 0. The lowest BCUT2D eigenvalue weighted by atomic mass is 9.88. The van der Waals surface area contributed by atoms with E-state index in [2.05, 4.69) is 20.8 Å². The van der Waals surface area contributed by atoms with Crippen molar-refractivity contribution in [2.24, 2.45) is 23.5 Å². The zero-order valence-corrected chi connectivity index (χ0v) is 11.1. The average Bonchev–Trinajstić information content (AvgIpc) is 2.26. The molecule has 1 saturated heterocycles. The molecular formula is C13H26N2O. The first kappa shape index (κ1) is 13.5. The molecule has 0 aromatic rings. The Morgan fingerprint density at radius 2 is 2.06 bits per heavy atom. The van der Waals surface area contributed by atoms with Gasteiger partial charge in [-0.25, -0.2) is 0 Å². The summed E-state index contributed by atoms with van der Waals surface area (Å²) in [6.07, 6.45) is 2.32. The number of piperidine rings is 1. The fourth-order valence-electron chi connectivity index (χ4n) is 2.43. The van der Waals surface area contributed by atoms with E-state index in [1.54, 1.807) is 0 Å². The topological polar surface area (TPSA) is 46.3 Å². The van der Waals surface area contributed by atoms with Gasteiger partial charge in [0.2, 0.25) is 5.91 Å². The van der Waals surface area contributed by atoms with Gasteiger partial charge in [-0.3, -0.25) is 4.79 Å². The normalized spacial score (nSPS) is 28.2. The van der Waals surface area contributed by atoms with Crippen LogP contribution in [-0.4, -0.2) is 29.9 Å². The van der Waals surface area contributed by atoms with Gasteiger partial charge in [0.25, 0.3) is 0 Å². The maximum Gasteiger partial charge on any atom is 0.225 e. The van der Waals surface area contributed by atoms with Crippen molar-refractivity contribution in [2.45, 2.75) is 46.6 Å². The zero-order chi connectivity index (χ0) is 12.3. The Morgan fingerprint density at radius 1 is 1.44 bits per heavy atom. The van der Waals surface area contributed by atoms with Gasteiger partial charge in [-0.05, 0) is 24.7 Å². The first-order chi connectivity index (χ1) is 7.49. The van der Waals surface area contributed by atoms with Gasteiger partial charge in [0.1, 0.15) is 0 Å². The largest absolute Gasteiger partial charge is 0.338 e. The Hall–Kier alpha value is -0.570. The summed E-state index contributed by atoms with van der Waals surface area (Å²) in [6, 6.07) is 0.252. The summed E-state index contributed by atoms with van der Waals surface area (Å²) in [4.78, 5) is 14.4. The first-order valence-corrected chi connectivity index (χ1v) is 6.49. The molecule has 3 nitrogen and oxygen atoms in total. The lowest BCUT2D eigenvalue weighted by Gasteiger charge is -2.41. The molecule has 1 heterocycles. The molecule has 0 saturated carbocycles. The summed E-state index contributed by atoms with van der Waals surface area (Å²) in [5.41, 5.74) is 5.80. The number of rotatable bonds is 3. The second-order valence-electron chi connectivity index (χ2n) is 5.49. The Kier molecular flexibility index (Phi) is 4.78. The minimum absolute atomic E-state index is 0.111. The van der Waals surface area contributed by atoms with Gasteiger partial charge in [0.15, 0.2) is 0 Å². The first-order valence-electron chi connectivity index (χ1n) is 6.49. The van der Waals surface area contributed by atoms with Crippen LogP contribution in [0.3, 0.4) is 0 Å². The molecule has 94 valence electrons. The summed E-state index contributed by atoms with van der Waals surface area (Å²) >= 11 is 0. The molecule has 0 aromatic heterocycles. The van der Waals surface area contributed by atoms with Crippen LogP contribution >= 0.6 is 0 Å². The third-order valence-electron chi connectivity index (χ3n) is 4.03. The number of carbonyl (C=O) groups excluding carboxylic acids is 1. The summed E-state index contributed by atoms with van der Waals surface area (Å²) in [5.74, 6) is 1.35. The second kappa shape index (κ2) is 5.67. The van der Waals surface area contributed by atoms with Gasteiger partial charge in [-0.2, -0.15) is 0 Å². The number of hydrogen-bond donors (Lipinski definition) is 1. The van der Waals surface area contributed by atoms with E-state index in [-0.39, 0.29) is 17.9 Å². The summed E-state index contributed by atoms with van der Waals surface area (Å²) in [6.45, 7) is 9.93. The molecule has 0 radical (unpaired) electrons. The molecule has 1 aliphatic heterocycles. The van der Waals surface area contributed by atoms with Crippen molar-refractivity contribution in [1.82, 2.24) is 4.90 Å². The van der Waals surface area contributed by atoms with Gasteiger partial charge in [-0.1, -0.05) is 27.7 Å². The Balaban J connectivity index is 2.73. The molecule has 0 bridgehead atoms. The Morgan fingerprint density at radius 3 is 2.56 bits per heavy atom. The number of carbonyl (C=O) groups is 1. The van der Waals surface area contributed by atoms with Gasteiger partial charge in [0.05, 0.1) is 0 Å². The predicted octanol–water partition coefficient (Wildman–Crippen LogP) is 1.86. The number of amides is 1. The van der Waals surface area contributed by atoms with Crippen molar-refractivity contribution in [1.29, 1.82) is 0 Å². The molecule has 3 unspecified atom stereocenters. The quantitative estimate of drug-likeness (QED) is 0.798. The van der Waals surface area contributed by atoms with Crippen LogP contribution < -0.4 is 5.73 Å². The van der Waals surface area contributed by atoms with Gasteiger partial charge >= 0.3 is 0 Å². The second-order valence-corrected chi connectivity index (χ2v) is 5.49. The van der Waals surface area contributed by atoms with E-state index in [1.165, 1.54) is 6.42 Å². The maximum atomic E-state index is 12.3. The van der Waals surface area contributed by atoms with E-state index in [1.807, 2.05) is 11.8 Å². The van der Waals surface area contributed by atoms with Crippen LogP contribution in [0.2, 0.25) is 0 Å². The van der Waals surface area contributed by atoms with Crippen molar-refractivity contribution in [2.75, 3.05) is 13.1 Å². The molecule has 0 aromatic carbocycles. The van der Waals surface area contributed by atoms with Gasteiger partial charge < -0.3 is 10.6 Å².